The van der Waals surface area contributed by atoms with Crippen LogP contribution in [0.3, 0.4) is 0 Å². The summed E-state index contributed by atoms with van der Waals surface area (Å²) >= 11 is 0. The Bertz CT molecular complexity index is 457. The van der Waals surface area contributed by atoms with Crippen LogP contribution < -0.4 is 5.73 Å². The summed E-state index contributed by atoms with van der Waals surface area (Å²) < 4.78 is 0. The van der Waals surface area contributed by atoms with E-state index in [1.165, 1.54) is 5.56 Å². The second-order valence-electron chi connectivity index (χ2n) is 6.80. The van der Waals surface area contributed by atoms with E-state index < -0.39 is 0 Å². The molecule has 0 atom stereocenters. The third kappa shape index (κ3) is 4.45. The summed E-state index contributed by atoms with van der Waals surface area (Å²) in [6, 6.07) is 8.05. The standard InChI is InChI=1S/C17H26N2O.ClH/c1-17(2,3)15-6-4-14(5-7-15)16(20)19-10-8-13(12-18)9-11-19;/h4-7,13H,8-12,18H2,1-3H3;1H. The average Bonchev–Trinajstić information content (AvgIpc) is 2.46. The largest absolute Gasteiger partial charge is 0.339 e. The predicted octanol–water partition coefficient (Wildman–Crippen LogP) is 3.22. The maximum absolute atomic E-state index is 12.5. The Balaban J connectivity index is 0.00000220. The minimum atomic E-state index is 0. The monoisotopic (exact) mass is 310 g/mol. The van der Waals surface area contributed by atoms with Crippen LogP contribution in [0.25, 0.3) is 0 Å². The van der Waals surface area contributed by atoms with E-state index in [1.807, 2.05) is 17.0 Å². The molecule has 0 saturated carbocycles. The van der Waals surface area contributed by atoms with Crippen molar-refractivity contribution >= 4 is 18.3 Å². The van der Waals surface area contributed by atoms with Crippen LogP contribution in [0.4, 0.5) is 0 Å². The topological polar surface area (TPSA) is 46.3 Å². The SMILES string of the molecule is CC(C)(C)c1ccc(C(=O)N2CCC(CN)CC2)cc1.Cl. The highest BCUT2D eigenvalue weighted by Crippen LogP contribution is 2.23. The lowest BCUT2D eigenvalue weighted by molar-refractivity contribution is 0.0693. The van der Waals surface area contributed by atoms with Gasteiger partial charge in [-0.1, -0.05) is 32.9 Å². The predicted molar refractivity (Wildman–Crippen MR) is 90.1 cm³/mol. The first-order valence-corrected chi connectivity index (χ1v) is 7.51. The molecule has 1 aromatic carbocycles. The molecule has 2 N–H and O–H groups in total. The van der Waals surface area contributed by atoms with Crippen LogP contribution in [0, 0.1) is 5.92 Å². The molecule has 1 fully saturated rings. The molecule has 1 aromatic rings. The molecule has 118 valence electrons. The molecule has 1 heterocycles. The number of piperidine rings is 1. The van der Waals surface area contributed by atoms with Crippen LogP contribution in [-0.4, -0.2) is 30.4 Å². The van der Waals surface area contributed by atoms with Gasteiger partial charge in [-0.3, -0.25) is 4.79 Å². The van der Waals surface area contributed by atoms with E-state index >= 15 is 0 Å². The molecular formula is C17H27ClN2O. The van der Waals surface area contributed by atoms with Crippen LogP contribution in [0.15, 0.2) is 24.3 Å². The van der Waals surface area contributed by atoms with E-state index in [2.05, 4.69) is 32.9 Å². The lowest BCUT2D eigenvalue weighted by Crippen LogP contribution is -2.40. The van der Waals surface area contributed by atoms with Gasteiger partial charge in [-0.15, -0.1) is 12.4 Å². The summed E-state index contributed by atoms with van der Waals surface area (Å²) in [5.74, 6) is 0.739. The lowest BCUT2D eigenvalue weighted by atomic mass is 9.86. The maximum Gasteiger partial charge on any atom is 0.253 e. The molecule has 2 rings (SSSR count). The molecule has 0 spiro atoms. The van der Waals surface area contributed by atoms with Gasteiger partial charge in [-0.25, -0.2) is 0 Å². The number of likely N-dealkylation sites (tertiary alicyclic amines) is 1. The molecule has 3 nitrogen and oxygen atoms in total. The van der Waals surface area contributed by atoms with Crippen LogP contribution in [0.2, 0.25) is 0 Å². The Morgan fingerprint density at radius 2 is 1.71 bits per heavy atom. The van der Waals surface area contributed by atoms with Crippen molar-refractivity contribution in [2.75, 3.05) is 19.6 Å². The van der Waals surface area contributed by atoms with E-state index in [0.29, 0.717) is 5.92 Å². The number of hydrogen-bond acceptors (Lipinski definition) is 2. The fourth-order valence-electron chi connectivity index (χ4n) is 2.67. The lowest BCUT2D eigenvalue weighted by Gasteiger charge is -2.31. The van der Waals surface area contributed by atoms with Gasteiger partial charge in [0.25, 0.3) is 5.91 Å². The number of benzene rings is 1. The molecule has 21 heavy (non-hydrogen) atoms. The summed E-state index contributed by atoms with van der Waals surface area (Å²) in [6.45, 7) is 8.95. The quantitative estimate of drug-likeness (QED) is 0.911. The number of amides is 1. The van der Waals surface area contributed by atoms with Gasteiger partial charge in [0.2, 0.25) is 0 Å². The number of halogens is 1. The van der Waals surface area contributed by atoms with Gasteiger partial charge in [0, 0.05) is 18.7 Å². The first kappa shape index (κ1) is 18.0. The van der Waals surface area contributed by atoms with Crippen LogP contribution in [0.5, 0.6) is 0 Å². The van der Waals surface area contributed by atoms with Crippen molar-refractivity contribution in [3.8, 4) is 0 Å². The number of rotatable bonds is 2. The maximum atomic E-state index is 12.5. The van der Waals surface area contributed by atoms with Crippen LogP contribution >= 0.6 is 12.4 Å². The first-order chi connectivity index (χ1) is 9.41. The zero-order valence-corrected chi connectivity index (χ0v) is 14.1. The minimum absolute atomic E-state index is 0. The fraction of sp³-hybridized carbons (Fsp3) is 0.588. The van der Waals surface area contributed by atoms with E-state index in [-0.39, 0.29) is 23.7 Å². The Hall–Kier alpha value is -1.06. The van der Waals surface area contributed by atoms with Gasteiger partial charge < -0.3 is 10.6 Å². The summed E-state index contributed by atoms with van der Waals surface area (Å²) in [4.78, 5) is 14.4. The number of hydrogen-bond donors (Lipinski definition) is 1. The molecule has 1 amide bonds. The number of carbonyl (C=O) groups is 1. The van der Waals surface area contributed by atoms with Gasteiger partial charge in [0.05, 0.1) is 0 Å². The van der Waals surface area contributed by atoms with Gasteiger partial charge in [0.15, 0.2) is 0 Å². The number of carbonyl (C=O) groups excluding carboxylic acids is 1. The number of nitrogens with zero attached hydrogens (tertiary/aromatic N) is 1. The van der Waals surface area contributed by atoms with Gasteiger partial charge in [-0.05, 0) is 48.4 Å². The zero-order valence-electron chi connectivity index (χ0n) is 13.3. The molecule has 1 aliphatic rings. The molecule has 0 aromatic heterocycles. The highest BCUT2D eigenvalue weighted by molar-refractivity contribution is 5.94. The Kier molecular flexibility index (Phi) is 6.24. The number of nitrogens with two attached hydrogens (primary N) is 1. The van der Waals surface area contributed by atoms with Crippen molar-refractivity contribution in [1.82, 2.24) is 4.90 Å². The van der Waals surface area contributed by atoms with Crippen molar-refractivity contribution < 1.29 is 4.79 Å². The average molecular weight is 311 g/mol. The summed E-state index contributed by atoms with van der Waals surface area (Å²) in [5.41, 5.74) is 7.87. The van der Waals surface area contributed by atoms with Crippen molar-refractivity contribution in [2.45, 2.75) is 39.0 Å². The summed E-state index contributed by atoms with van der Waals surface area (Å²) in [7, 11) is 0. The third-order valence-corrected chi connectivity index (χ3v) is 4.23. The van der Waals surface area contributed by atoms with Gasteiger partial charge >= 0.3 is 0 Å². The fourth-order valence-corrected chi connectivity index (χ4v) is 2.67. The Labute approximate surface area is 134 Å². The van der Waals surface area contributed by atoms with E-state index in [1.54, 1.807) is 0 Å². The van der Waals surface area contributed by atoms with Gasteiger partial charge in [-0.2, -0.15) is 0 Å². The highest BCUT2D eigenvalue weighted by Gasteiger charge is 2.23. The van der Waals surface area contributed by atoms with Crippen molar-refractivity contribution in [1.29, 1.82) is 0 Å². The molecule has 4 heteroatoms. The second kappa shape index (κ2) is 7.28. The molecule has 0 aliphatic carbocycles. The van der Waals surface area contributed by atoms with Crippen molar-refractivity contribution in [2.24, 2.45) is 11.7 Å². The van der Waals surface area contributed by atoms with Crippen LogP contribution in [-0.2, 0) is 5.41 Å². The highest BCUT2D eigenvalue weighted by atomic mass is 35.5. The molecule has 0 bridgehead atoms. The molecular weight excluding hydrogens is 284 g/mol. The van der Waals surface area contributed by atoms with Gasteiger partial charge in [0.1, 0.15) is 0 Å². The van der Waals surface area contributed by atoms with E-state index in [0.717, 1.165) is 38.0 Å². The minimum Gasteiger partial charge on any atom is -0.339 e. The zero-order chi connectivity index (χ0) is 14.8. The Morgan fingerprint density at radius 3 is 2.14 bits per heavy atom. The molecule has 1 aliphatic heterocycles. The van der Waals surface area contributed by atoms with E-state index in [9.17, 15) is 4.79 Å². The van der Waals surface area contributed by atoms with Crippen molar-refractivity contribution in [3.05, 3.63) is 35.4 Å². The smallest absolute Gasteiger partial charge is 0.253 e. The first-order valence-electron chi connectivity index (χ1n) is 7.51. The molecule has 0 radical (unpaired) electrons. The van der Waals surface area contributed by atoms with Crippen LogP contribution in [0.1, 0.15) is 49.5 Å². The van der Waals surface area contributed by atoms with Crippen molar-refractivity contribution in [3.63, 3.8) is 0 Å². The third-order valence-electron chi connectivity index (χ3n) is 4.23. The second-order valence-corrected chi connectivity index (χ2v) is 6.80. The normalized spacial score (nSPS) is 16.5. The molecule has 0 unspecified atom stereocenters. The van der Waals surface area contributed by atoms with E-state index in [4.69, 9.17) is 5.73 Å². The summed E-state index contributed by atoms with van der Waals surface area (Å²) in [6.07, 6.45) is 2.06. The Morgan fingerprint density at radius 1 is 1.19 bits per heavy atom. The summed E-state index contributed by atoms with van der Waals surface area (Å²) in [5, 5.41) is 0. The molecule has 1 saturated heterocycles.